The van der Waals surface area contributed by atoms with Crippen molar-refractivity contribution >= 4 is 0 Å². The molecule has 2 N–H and O–H groups in total. The van der Waals surface area contributed by atoms with E-state index in [1.54, 1.807) is 0 Å². The molecule has 0 aromatic heterocycles. The van der Waals surface area contributed by atoms with E-state index < -0.39 is 0 Å². The number of likely N-dealkylation sites (tertiary alicyclic amines) is 1. The minimum Gasteiger partial charge on any atom is -0.325 e. The molecule has 2 nitrogen and oxygen atoms in total. The molecule has 0 amide bonds. The van der Waals surface area contributed by atoms with Gasteiger partial charge in [-0.25, -0.2) is 4.39 Å². The molecule has 0 saturated carbocycles. The number of hydrogen-bond acceptors (Lipinski definition) is 2. The first kappa shape index (κ1) is 9.68. The Balaban J connectivity index is 2.56. The lowest BCUT2D eigenvalue weighted by Gasteiger charge is -2.18. The summed E-state index contributed by atoms with van der Waals surface area (Å²) in [6.07, 6.45) is 0.848. The zero-order chi connectivity index (χ0) is 9.14. The van der Waals surface area contributed by atoms with Crippen LogP contribution < -0.4 is 5.73 Å². The average Bonchev–Trinajstić information content (AvgIpc) is 2.51. The van der Waals surface area contributed by atoms with Crippen LogP contribution in [0.5, 0.6) is 0 Å². The maximum Gasteiger partial charge on any atom is 0.114 e. The summed E-state index contributed by atoms with van der Waals surface area (Å²) < 4.78 is 13.0. The van der Waals surface area contributed by atoms with Gasteiger partial charge >= 0.3 is 0 Å². The largest absolute Gasteiger partial charge is 0.325 e. The van der Waals surface area contributed by atoms with E-state index in [0.717, 1.165) is 25.1 Å². The Bertz CT molecular complexity index is 187. The molecule has 1 aliphatic heterocycles. The Hall–Kier alpha value is -0.410. The molecule has 1 aliphatic rings. The molecular weight excluding hydrogens is 155 g/mol. The van der Waals surface area contributed by atoms with Crippen molar-refractivity contribution in [2.45, 2.75) is 26.3 Å². The third-order valence-electron chi connectivity index (χ3n) is 2.39. The lowest BCUT2D eigenvalue weighted by molar-refractivity contribution is 0.280. The monoisotopic (exact) mass is 172 g/mol. The summed E-state index contributed by atoms with van der Waals surface area (Å²) in [6.45, 7) is 6.05. The topological polar surface area (TPSA) is 29.3 Å². The summed E-state index contributed by atoms with van der Waals surface area (Å²) in [5.41, 5.74) is 6.12. The molecule has 0 unspecified atom stereocenters. The molecule has 1 fully saturated rings. The summed E-state index contributed by atoms with van der Waals surface area (Å²) in [4.78, 5) is 2.25. The van der Waals surface area contributed by atoms with Crippen LogP contribution in [0.3, 0.4) is 0 Å². The molecule has 3 heteroatoms. The molecule has 0 aliphatic carbocycles. The Morgan fingerprint density at radius 2 is 2.33 bits per heavy atom. The summed E-state index contributed by atoms with van der Waals surface area (Å²) in [5, 5.41) is 0. The minimum absolute atomic E-state index is 0.0568. The summed E-state index contributed by atoms with van der Waals surface area (Å²) >= 11 is 0. The van der Waals surface area contributed by atoms with Gasteiger partial charge in [0.25, 0.3) is 0 Å². The van der Waals surface area contributed by atoms with Crippen molar-refractivity contribution in [3.63, 3.8) is 0 Å². The summed E-state index contributed by atoms with van der Waals surface area (Å²) in [7, 11) is 0. The molecule has 0 radical (unpaired) electrons. The minimum atomic E-state index is -0.113. The van der Waals surface area contributed by atoms with E-state index in [0.29, 0.717) is 6.04 Å². The van der Waals surface area contributed by atoms with E-state index in [1.807, 2.05) is 0 Å². The second kappa shape index (κ2) is 4.01. The van der Waals surface area contributed by atoms with Gasteiger partial charge in [-0.2, -0.15) is 0 Å². The summed E-state index contributed by atoms with van der Waals surface area (Å²) in [6, 6.07) is 0.507. The maximum absolute atomic E-state index is 13.0. The smallest absolute Gasteiger partial charge is 0.114 e. The zero-order valence-corrected chi connectivity index (χ0v) is 7.81. The normalized spacial score (nSPS) is 23.8. The van der Waals surface area contributed by atoms with E-state index in [-0.39, 0.29) is 12.4 Å². The van der Waals surface area contributed by atoms with Gasteiger partial charge in [0, 0.05) is 25.7 Å². The third-order valence-corrected chi connectivity index (χ3v) is 2.39. The highest BCUT2D eigenvalue weighted by Crippen LogP contribution is 2.20. The van der Waals surface area contributed by atoms with Crippen LogP contribution in [0.25, 0.3) is 0 Å². The average molecular weight is 172 g/mol. The molecular formula is C9H17FN2. The Morgan fingerprint density at radius 1 is 1.67 bits per heavy atom. The first-order valence-electron chi connectivity index (χ1n) is 4.45. The van der Waals surface area contributed by atoms with Crippen molar-refractivity contribution in [1.82, 2.24) is 4.90 Å². The molecule has 1 heterocycles. The van der Waals surface area contributed by atoms with Crippen molar-refractivity contribution in [3.05, 3.63) is 11.4 Å². The van der Waals surface area contributed by atoms with Crippen LogP contribution in [0, 0.1) is 0 Å². The molecule has 1 saturated heterocycles. The van der Waals surface area contributed by atoms with Crippen LogP contribution in [-0.4, -0.2) is 30.6 Å². The molecule has 12 heavy (non-hydrogen) atoms. The standard InChI is InChI=1S/C9H17FN2/c1-7(2)12-4-3-8(6-12)9(10)5-11/h7H,3-6,11H2,1-2H3/b9-8-. The van der Waals surface area contributed by atoms with Gasteiger partial charge in [-0.3, -0.25) is 4.90 Å². The molecule has 0 spiro atoms. The Morgan fingerprint density at radius 3 is 2.75 bits per heavy atom. The van der Waals surface area contributed by atoms with Gasteiger partial charge in [0.1, 0.15) is 5.83 Å². The van der Waals surface area contributed by atoms with Gasteiger partial charge < -0.3 is 5.73 Å². The predicted molar refractivity (Wildman–Crippen MR) is 48.5 cm³/mol. The van der Waals surface area contributed by atoms with Crippen molar-refractivity contribution in [1.29, 1.82) is 0 Å². The predicted octanol–water partition coefficient (Wildman–Crippen LogP) is 1.28. The quantitative estimate of drug-likeness (QED) is 0.680. The van der Waals surface area contributed by atoms with E-state index in [9.17, 15) is 4.39 Å². The van der Waals surface area contributed by atoms with Gasteiger partial charge in [-0.15, -0.1) is 0 Å². The maximum atomic E-state index is 13.0. The fourth-order valence-corrected chi connectivity index (χ4v) is 1.49. The van der Waals surface area contributed by atoms with E-state index in [4.69, 9.17) is 5.73 Å². The zero-order valence-electron chi connectivity index (χ0n) is 7.81. The van der Waals surface area contributed by atoms with Gasteiger partial charge in [-0.05, 0) is 25.8 Å². The van der Waals surface area contributed by atoms with Gasteiger partial charge in [0.15, 0.2) is 0 Å². The second-order valence-electron chi connectivity index (χ2n) is 3.53. The molecule has 0 aromatic carbocycles. The van der Waals surface area contributed by atoms with Crippen LogP contribution in [-0.2, 0) is 0 Å². The fraction of sp³-hybridized carbons (Fsp3) is 0.778. The number of nitrogens with zero attached hydrogens (tertiary/aromatic N) is 1. The molecule has 70 valence electrons. The van der Waals surface area contributed by atoms with Gasteiger partial charge in [0.2, 0.25) is 0 Å². The highest BCUT2D eigenvalue weighted by Gasteiger charge is 2.21. The SMILES string of the molecule is CC(C)N1CC/C(=C(/F)CN)C1. The van der Waals surface area contributed by atoms with Crippen molar-refractivity contribution < 1.29 is 4.39 Å². The number of nitrogens with two attached hydrogens (primary N) is 1. The molecule has 1 rings (SSSR count). The number of halogens is 1. The Labute approximate surface area is 73.2 Å². The highest BCUT2D eigenvalue weighted by molar-refractivity contribution is 5.15. The van der Waals surface area contributed by atoms with Crippen LogP contribution in [0.1, 0.15) is 20.3 Å². The number of hydrogen-bond donors (Lipinski definition) is 1. The fourth-order valence-electron chi connectivity index (χ4n) is 1.49. The van der Waals surface area contributed by atoms with Crippen molar-refractivity contribution in [3.8, 4) is 0 Å². The van der Waals surface area contributed by atoms with Gasteiger partial charge in [0.05, 0.1) is 0 Å². The summed E-state index contributed by atoms with van der Waals surface area (Å²) in [5.74, 6) is -0.113. The van der Waals surface area contributed by atoms with Gasteiger partial charge in [-0.1, -0.05) is 0 Å². The van der Waals surface area contributed by atoms with E-state index in [1.165, 1.54) is 0 Å². The molecule has 0 bridgehead atoms. The molecule has 0 atom stereocenters. The Kier molecular flexibility index (Phi) is 3.23. The highest BCUT2D eigenvalue weighted by atomic mass is 19.1. The second-order valence-corrected chi connectivity index (χ2v) is 3.53. The van der Waals surface area contributed by atoms with Crippen LogP contribution in [0.4, 0.5) is 4.39 Å². The van der Waals surface area contributed by atoms with Crippen molar-refractivity contribution in [2.75, 3.05) is 19.6 Å². The number of rotatable bonds is 2. The lowest BCUT2D eigenvalue weighted by Crippen LogP contribution is -2.27. The van der Waals surface area contributed by atoms with Crippen molar-refractivity contribution in [2.24, 2.45) is 5.73 Å². The van der Waals surface area contributed by atoms with Crippen LogP contribution >= 0.6 is 0 Å². The van der Waals surface area contributed by atoms with Crippen LogP contribution in [0.2, 0.25) is 0 Å². The molecule has 0 aromatic rings. The third kappa shape index (κ3) is 2.05. The van der Waals surface area contributed by atoms with Crippen LogP contribution in [0.15, 0.2) is 11.4 Å². The lowest BCUT2D eigenvalue weighted by atomic mass is 10.2. The first-order chi connectivity index (χ1) is 5.65. The first-order valence-corrected chi connectivity index (χ1v) is 4.45. The van der Waals surface area contributed by atoms with E-state index >= 15 is 0 Å². The van der Waals surface area contributed by atoms with E-state index in [2.05, 4.69) is 18.7 Å².